The summed E-state index contributed by atoms with van der Waals surface area (Å²) in [5.41, 5.74) is 2.32. The number of halogens is 2. The lowest BCUT2D eigenvalue weighted by molar-refractivity contribution is 0.102. The average Bonchev–Trinajstić information content (AvgIpc) is 2.43. The number of nitrogens with zero attached hydrogens (tertiary/aromatic N) is 1. The van der Waals surface area contributed by atoms with Crippen LogP contribution in [0.4, 0.5) is 11.5 Å². The zero-order chi connectivity index (χ0) is 15.4. The van der Waals surface area contributed by atoms with Gasteiger partial charge in [0.25, 0.3) is 5.91 Å². The number of aromatic nitrogens is 1. The molecule has 0 aliphatic rings. The van der Waals surface area contributed by atoms with Gasteiger partial charge in [0.2, 0.25) is 0 Å². The SMILES string of the molecule is CCNc1ncccc1C(=O)Nc1c(Br)cc(C)cc1Br. The minimum atomic E-state index is -0.204. The lowest BCUT2D eigenvalue weighted by Crippen LogP contribution is -2.16. The third kappa shape index (κ3) is 3.83. The molecule has 1 aromatic carbocycles. The maximum Gasteiger partial charge on any atom is 0.259 e. The van der Waals surface area contributed by atoms with Crippen molar-refractivity contribution in [3.63, 3.8) is 0 Å². The first-order chi connectivity index (χ1) is 10.0. The van der Waals surface area contributed by atoms with Crippen molar-refractivity contribution < 1.29 is 4.79 Å². The molecule has 0 saturated heterocycles. The van der Waals surface area contributed by atoms with E-state index in [-0.39, 0.29) is 5.91 Å². The molecule has 1 heterocycles. The third-order valence-corrected chi connectivity index (χ3v) is 4.07. The van der Waals surface area contributed by atoms with E-state index in [1.807, 2.05) is 26.0 Å². The van der Waals surface area contributed by atoms with E-state index in [0.29, 0.717) is 23.6 Å². The van der Waals surface area contributed by atoms with Gasteiger partial charge in [-0.25, -0.2) is 4.98 Å². The monoisotopic (exact) mass is 411 g/mol. The van der Waals surface area contributed by atoms with Crippen LogP contribution in [0.2, 0.25) is 0 Å². The van der Waals surface area contributed by atoms with Crippen LogP contribution in [-0.4, -0.2) is 17.4 Å². The van der Waals surface area contributed by atoms with Gasteiger partial charge in [-0.3, -0.25) is 4.79 Å². The van der Waals surface area contributed by atoms with Crippen molar-refractivity contribution >= 4 is 49.3 Å². The summed E-state index contributed by atoms with van der Waals surface area (Å²) in [6, 6.07) is 7.40. The fourth-order valence-corrected chi connectivity index (χ4v) is 3.51. The summed E-state index contributed by atoms with van der Waals surface area (Å²) in [5.74, 6) is 0.376. The molecule has 2 aromatic rings. The Bertz CT molecular complexity index is 651. The number of amides is 1. The molecule has 1 aromatic heterocycles. The Morgan fingerprint density at radius 2 is 1.95 bits per heavy atom. The average molecular weight is 413 g/mol. The Kier molecular flexibility index (Phi) is 5.36. The summed E-state index contributed by atoms with van der Waals surface area (Å²) in [6.45, 7) is 4.66. The number of carbonyl (C=O) groups excluding carboxylic acids is 1. The number of benzene rings is 1. The summed E-state index contributed by atoms with van der Waals surface area (Å²) >= 11 is 6.94. The van der Waals surface area contributed by atoms with E-state index < -0.39 is 0 Å². The van der Waals surface area contributed by atoms with Crippen LogP contribution >= 0.6 is 31.9 Å². The fourth-order valence-electron chi connectivity index (χ4n) is 1.90. The van der Waals surface area contributed by atoms with E-state index in [1.54, 1.807) is 18.3 Å². The molecule has 0 fully saturated rings. The Balaban J connectivity index is 2.31. The molecule has 0 saturated carbocycles. The number of hydrogen-bond donors (Lipinski definition) is 2. The van der Waals surface area contributed by atoms with Gasteiger partial charge in [0, 0.05) is 21.7 Å². The van der Waals surface area contributed by atoms with Crippen molar-refractivity contribution in [1.29, 1.82) is 0 Å². The molecule has 110 valence electrons. The van der Waals surface area contributed by atoms with E-state index in [9.17, 15) is 4.79 Å². The number of aryl methyl sites for hydroxylation is 1. The Morgan fingerprint density at radius 1 is 1.29 bits per heavy atom. The van der Waals surface area contributed by atoms with Gasteiger partial charge in [-0.1, -0.05) is 0 Å². The Labute approximate surface area is 140 Å². The zero-order valence-electron chi connectivity index (χ0n) is 11.7. The summed E-state index contributed by atoms with van der Waals surface area (Å²) in [7, 11) is 0. The van der Waals surface area contributed by atoms with E-state index in [2.05, 4.69) is 47.5 Å². The van der Waals surface area contributed by atoms with Crippen molar-refractivity contribution in [2.75, 3.05) is 17.2 Å². The molecule has 2 N–H and O–H groups in total. The lowest BCUT2D eigenvalue weighted by atomic mass is 10.2. The highest BCUT2D eigenvalue weighted by atomic mass is 79.9. The van der Waals surface area contributed by atoms with Crippen molar-refractivity contribution in [3.8, 4) is 0 Å². The Hall–Kier alpha value is -1.40. The number of anilines is 2. The minimum absolute atomic E-state index is 0.204. The molecule has 0 unspecified atom stereocenters. The van der Waals surface area contributed by atoms with Crippen LogP contribution in [-0.2, 0) is 0 Å². The number of hydrogen-bond acceptors (Lipinski definition) is 3. The summed E-state index contributed by atoms with van der Waals surface area (Å²) in [5, 5.41) is 5.99. The van der Waals surface area contributed by atoms with Gasteiger partial charge in [0.1, 0.15) is 5.82 Å². The molecule has 0 atom stereocenters. The normalized spacial score (nSPS) is 10.3. The van der Waals surface area contributed by atoms with Crippen molar-refractivity contribution in [3.05, 3.63) is 50.5 Å². The van der Waals surface area contributed by atoms with Gasteiger partial charge in [-0.05, 0) is 75.5 Å². The van der Waals surface area contributed by atoms with Gasteiger partial charge in [0.15, 0.2) is 0 Å². The van der Waals surface area contributed by atoms with Crippen LogP contribution in [0, 0.1) is 6.92 Å². The maximum absolute atomic E-state index is 12.5. The second-order valence-corrected chi connectivity index (χ2v) is 6.20. The van der Waals surface area contributed by atoms with E-state index in [1.165, 1.54) is 0 Å². The van der Waals surface area contributed by atoms with E-state index >= 15 is 0 Å². The molecule has 2 rings (SSSR count). The summed E-state index contributed by atoms with van der Waals surface area (Å²) in [6.07, 6.45) is 1.66. The van der Waals surface area contributed by atoms with Gasteiger partial charge in [-0.15, -0.1) is 0 Å². The highest BCUT2D eigenvalue weighted by Crippen LogP contribution is 2.32. The van der Waals surface area contributed by atoms with Gasteiger partial charge in [-0.2, -0.15) is 0 Å². The minimum Gasteiger partial charge on any atom is -0.370 e. The molecule has 0 aliphatic heterocycles. The van der Waals surface area contributed by atoms with Crippen LogP contribution in [0.15, 0.2) is 39.4 Å². The van der Waals surface area contributed by atoms with Crippen LogP contribution < -0.4 is 10.6 Å². The quantitative estimate of drug-likeness (QED) is 0.771. The zero-order valence-corrected chi connectivity index (χ0v) is 14.9. The molecule has 0 aliphatic carbocycles. The van der Waals surface area contributed by atoms with Crippen LogP contribution in [0.25, 0.3) is 0 Å². The second-order valence-electron chi connectivity index (χ2n) is 4.49. The molecule has 4 nitrogen and oxygen atoms in total. The standard InChI is InChI=1S/C15H15Br2N3O/c1-3-18-14-10(5-4-6-19-14)15(21)20-13-11(16)7-9(2)8-12(13)17/h4-8H,3H2,1-2H3,(H,18,19)(H,20,21). The van der Waals surface area contributed by atoms with Gasteiger partial charge < -0.3 is 10.6 Å². The smallest absolute Gasteiger partial charge is 0.259 e. The predicted octanol–water partition coefficient (Wildman–Crippen LogP) is 4.60. The molecule has 1 amide bonds. The predicted molar refractivity (Wildman–Crippen MR) is 92.9 cm³/mol. The largest absolute Gasteiger partial charge is 0.370 e. The molecule has 0 bridgehead atoms. The highest BCUT2D eigenvalue weighted by molar-refractivity contribution is 9.11. The van der Waals surface area contributed by atoms with Crippen molar-refractivity contribution in [1.82, 2.24) is 4.98 Å². The molecule has 6 heteroatoms. The Morgan fingerprint density at radius 3 is 2.57 bits per heavy atom. The van der Waals surface area contributed by atoms with Crippen molar-refractivity contribution in [2.45, 2.75) is 13.8 Å². The van der Waals surface area contributed by atoms with E-state index in [0.717, 1.165) is 14.5 Å². The van der Waals surface area contributed by atoms with Crippen molar-refractivity contribution in [2.24, 2.45) is 0 Å². The van der Waals surface area contributed by atoms with Crippen LogP contribution in [0.5, 0.6) is 0 Å². The number of rotatable bonds is 4. The summed E-state index contributed by atoms with van der Waals surface area (Å²) < 4.78 is 1.66. The van der Waals surface area contributed by atoms with Crippen LogP contribution in [0.3, 0.4) is 0 Å². The maximum atomic E-state index is 12.5. The molecular formula is C15H15Br2N3O. The number of carbonyl (C=O) groups is 1. The third-order valence-electron chi connectivity index (χ3n) is 2.82. The molecule has 0 spiro atoms. The number of pyridine rings is 1. The topological polar surface area (TPSA) is 54.0 Å². The first kappa shape index (κ1) is 16.0. The number of nitrogens with one attached hydrogen (secondary N) is 2. The molecule has 21 heavy (non-hydrogen) atoms. The molecule has 0 radical (unpaired) electrons. The first-order valence-corrected chi connectivity index (χ1v) is 8.07. The van der Waals surface area contributed by atoms with Gasteiger partial charge in [0.05, 0.1) is 11.3 Å². The fraction of sp³-hybridized carbons (Fsp3) is 0.200. The molecular weight excluding hydrogens is 398 g/mol. The lowest BCUT2D eigenvalue weighted by Gasteiger charge is -2.13. The van der Waals surface area contributed by atoms with Crippen LogP contribution in [0.1, 0.15) is 22.8 Å². The highest BCUT2D eigenvalue weighted by Gasteiger charge is 2.15. The first-order valence-electron chi connectivity index (χ1n) is 6.48. The second kappa shape index (κ2) is 7.04. The summed E-state index contributed by atoms with van der Waals surface area (Å²) in [4.78, 5) is 16.7. The van der Waals surface area contributed by atoms with Gasteiger partial charge >= 0.3 is 0 Å². The van der Waals surface area contributed by atoms with E-state index in [4.69, 9.17) is 0 Å².